The molecule has 0 aliphatic carbocycles. The molecule has 0 unspecified atom stereocenters. The molecule has 5 heteroatoms. The number of carbonyl (C=O) groups is 1. The molecule has 124 valence electrons. The Balaban J connectivity index is 0.00000264. The number of hydrogen-bond acceptors (Lipinski definition) is 3. The van der Waals surface area contributed by atoms with Crippen molar-refractivity contribution in [2.75, 3.05) is 20.2 Å². The third-order valence-electron chi connectivity index (χ3n) is 3.50. The van der Waals surface area contributed by atoms with Gasteiger partial charge in [0, 0.05) is 25.2 Å². The lowest BCUT2D eigenvalue weighted by atomic mass is 10.1. The smallest absolute Gasteiger partial charge is 0.227 e. The van der Waals surface area contributed by atoms with Crippen molar-refractivity contribution in [1.82, 2.24) is 4.90 Å². The minimum absolute atomic E-state index is 0. The van der Waals surface area contributed by atoms with Gasteiger partial charge in [0.25, 0.3) is 0 Å². The zero-order valence-corrected chi connectivity index (χ0v) is 14.1. The summed E-state index contributed by atoms with van der Waals surface area (Å²) in [6.07, 6.45) is 0.316. The van der Waals surface area contributed by atoms with E-state index in [1.165, 1.54) is 0 Å². The molecule has 0 aliphatic rings. The van der Waals surface area contributed by atoms with Crippen molar-refractivity contribution in [1.29, 1.82) is 0 Å². The van der Waals surface area contributed by atoms with Gasteiger partial charge in [0.2, 0.25) is 5.91 Å². The zero-order valence-electron chi connectivity index (χ0n) is 13.3. The fourth-order valence-electron chi connectivity index (χ4n) is 2.38. The molecule has 0 aromatic heterocycles. The first-order chi connectivity index (χ1) is 10.7. The van der Waals surface area contributed by atoms with E-state index in [0.717, 1.165) is 16.9 Å². The van der Waals surface area contributed by atoms with Crippen molar-refractivity contribution in [2.45, 2.75) is 13.0 Å². The lowest BCUT2D eigenvalue weighted by Crippen LogP contribution is -2.36. The van der Waals surface area contributed by atoms with Crippen molar-refractivity contribution in [2.24, 2.45) is 5.73 Å². The van der Waals surface area contributed by atoms with E-state index in [-0.39, 0.29) is 18.3 Å². The molecule has 23 heavy (non-hydrogen) atoms. The van der Waals surface area contributed by atoms with E-state index in [0.29, 0.717) is 26.1 Å². The Bertz CT molecular complexity index is 605. The van der Waals surface area contributed by atoms with Crippen LogP contribution in [0.1, 0.15) is 11.1 Å². The minimum Gasteiger partial charge on any atom is -0.496 e. The molecule has 0 heterocycles. The van der Waals surface area contributed by atoms with Crippen LogP contribution in [0, 0.1) is 0 Å². The molecular weight excluding hydrogens is 312 g/mol. The third-order valence-corrected chi connectivity index (χ3v) is 3.50. The van der Waals surface area contributed by atoms with Gasteiger partial charge in [-0.05, 0) is 11.6 Å². The fraction of sp³-hybridized carbons (Fsp3) is 0.278. The maximum Gasteiger partial charge on any atom is 0.227 e. The van der Waals surface area contributed by atoms with E-state index in [1.54, 1.807) is 12.0 Å². The second-order valence-electron chi connectivity index (χ2n) is 5.08. The van der Waals surface area contributed by atoms with Gasteiger partial charge in [0.15, 0.2) is 0 Å². The minimum atomic E-state index is 0. The van der Waals surface area contributed by atoms with Gasteiger partial charge in [0.1, 0.15) is 5.75 Å². The van der Waals surface area contributed by atoms with Crippen molar-refractivity contribution in [3.8, 4) is 5.75 Å². The van der Waals surface area contributed by atoms with E-state index in [4.69, 9.17) is 10.5 Å². The predicted octanol–water partition coefficient (Wildman–Crippen LogP) is 2.65. The van der Waals surface area contributed by atoms with Crippen molar-refractivity contribution in [3.05, 3.63) is 65.7 Å². The Morgan fingerprint density at radius 3 is 2.39 bits per heavy atom. The number of nitrogens with zero attached hydrogens (tertiary/aromatic N) is 1. The zero-order chi connectivity index (χ0) is 15.8. The third kappa shape index (κ3) is 5.58. The SMILES string of the molecule is COc1ccccc1CC(=O)N(CCN)Cc1ccccc1.Cl. The Morgan fingerprint density at radius 2 is 1.74 bits per heavy atom. The molecule has 0 fully saturated rings. The first-order valence-electron chi connectivity index (χ1n) is 7.38. The van der Waals surface area contributed by atoms with Crippen LogP contribution in [-0.4, -0.2) is 31.0 Å². The molecule has 2 aromatic carbocycles. The van der Waals surface area contributed by atoms with Gasteiger partial charge in [0.05, 0.1) is 13.5 Å². The van der Waals surface area contributed by atoms with Crippen LogP contribution in [0.15, 0.2) is 54.6 Å². The summed E-state index contributed by atoms with van der Waals surface area (Å²) in [6.45, 7) is 1.57. The van der Waals surface area contributed by atoms with E-state index >= 15 is 0 Å². The molecule has 2 aromatic rings. The number of methoxy groups -OCH3 is 1. The highest BCUT2D eigenvalue weighted by Crippen LogP contribution is 2.19. The highest BCUT2D eigenvalue weighted by atomic mass is 35.5. The van der Waals surface area contributed by atoms with E-state index in [2.05, 4.69) is 0 Å². The molecule has 2 rings (SSSR count). The van der Waals surface area contributed by atoms with Crippen LogP contribution in [0.2, 0.25) is 0 Å². The average molecular weight is 335 g/mol. The molecule has 0 spiro atoms. The van der Waals surface area contributed by atoms with Crippen LogP contribution in [0.25, 0.3) is 0 Å². The van der Waals surface area contributed by atoms with Crippen molar-refractivity contribution < 1.29 is 9.53 Å². The van der Waals surface area contributed by atoms with E-state index in [1.807, 2.05) is 54.6 Å². The number of carbonyl (C=O) groups excluding carboxylic acids is 1. The molecule has 0 saturated carbocycles. The van der Waals surface area contributed by atoms with Crippen LogP contribution in [0.4, 0.5) is 0 Å². The summed E-state index contributed by atoms with van der Waals surface area (Å²) in [5, 5.41) is 0. The molecule has 0 aliphatic heterocycles. The second-order valence-corrected chi connectivity index (χ2v) is 5.08. The summed E-state index contributed by atoms with van der Waals surface area (Å²) in [5.41, 5.74) is 7.65. The van der Waals surface area contributed by atoms with E-state index in [9.17, 15) is 4.79 Å². The summed E-state index contributed by atoms with van der Waals surface area (Å²) < 4.78 is 5.31. The summed E-state index contributed by atoms with van der Waals surface area (Å²) in [7, 11) is 1.62. The molecule has 0 atom stereocenters. The molecule has 4 nitrogen and oxygen atoms in total. The van der Waals surface area contributed by atoms with Crippen molar-refractivity contribution >= 4 is 18.3 Å². The number of benzene rings is 2. The molecular formula is C18H23ClN2O2. The van der Waals surface area contributed by atoms with Gasteiger partial charge in [-0.15, -0.1) is 12.4 Å². The summed E-state index contributed by atoms with van der Waals surface area (Å²) in [6, 6.07) is 17.5. The van der Waals surface area contributed by atoms with E-state index < -0.39 is 0 Å². The average Bonchev–Trinajstić information content (AvgIpc) is 2.56. The molecule has 0 saturated heterocycles. The quantitative estimate of drug-likeness (QED) is 0.847. The highest BCUT2D eigenvalue weighted by Gasteiger charge is 2.15. The van der Waals surface area contributed by atoms with Gasteiger partial charge >= 0.3 is 0 Å². The number of halogens is 1. The lowest BCUT2D eigenvalue weighted by Gasteiger charge is -2.22. The summed E-state index contributed by atoms with van der Waals surface area (Å²) in [5.74, 6) is 0.794. The molecule has 2 N–H and O–H groups in total. The highest BCUT2D eigenvalue weighted by molar-refractivity contribution is 5.85. The fourth-order valence-corrected chi connectivity index (χ4v) is 2.38. The summed E-state index contributed by atoms with van der Waals surface area (Å²) in [4.78, 5) is 14.4. The van der Waals surface area contributed by atoms with Gasteiger partial charge < -0.3 is 15.4 Å². The number of amides is 1. The topological polar surface area (TPSA) is 55.6 Å². The monoisotopic (exact) mass is 334 g/mol. The normalized spacial score (nSPS) is 9.83. The number of nitrogens with two attached hydrogens (primary N) is 1. The Hall–Kier alpha value is -2.04. The van der Waals surface area contributed by atoms with Crippen LogP contribution in [0.5, 0.6) is 5.75 Å². The maximum atomic E-state index is 12.6. The number of rotatable bonds is 7. The van der Waals surface area contributed by atoms with Crippen LogP contribution in [0.3, 0.4) is 0 Å². The summed E-state index contributed by atoms with van der Waals surface area (Å²) >= 11 is 0. The largest absolute Gasteiger partial charge is 0.496 e. The molecule has 1 amide bonds. The maximum absolute atomic E-state index is 12.6. The van der Waals surface area contributed by atoms with Gasteiger partial charge in [-0.1, -0.05) is 48.5 Å². The van der Waals surface area contributed by atoms with Gasteiger partial charge in [-0.3, -0.25) is 4.79 Å². The molecule has 0 radical (unpaired) electrons. The first-order valence-corrected chi connectivity index (χ1v) is 7.38. The standard InChI is InChI=1S/C18H22N2O2.ClH/c1-22-17-10-6-5-9-16(17)13-18(21)20(12-11-19)14-15-7-3-2-4-8-15;/h2-10H,11-14,19H2,1H3;1H. The lowest BCUT2D eigenvalue weighted by molar-refractivity contribution is -0.131. The Kier molecular flexibility index (Phi) is 8.16. The first kappa shape index (κ1) is 19.0. The van der Waals surface area contributed by atoms with Crippen molar-refractivity contribution in [3.63, 3.8) is 0 Å². The number of ether oxygens (including phenoxy) is 1. The van der Waals surface area contributed by atoms with Crippen LogP contribution < -0.4 is 10.5 Å². The Labute approximate surface area is 143 Å². The Morgan fingerprint density at radius 1 is 1.09 bits per heavy atom. The predicted molar refractivity (Wildman–Crippen MR) is 94.9 cm³/mol. The van der Waals surface area contributed by atoms with Gasteiger partial charge in [-0.25, -0.2) is 0 Å². The van der Waals surface area contributed by atoms with Gasteiger partial charge in [-0.2, -0.15) is 0 Å². The number of hydrogen-bond donors (Lipinski definition) is 1. The molecule has 0 bridgehead atoms. The number of para-hydroxylation sites is 1. The van der Waals surface area contributed by atoms with Crippen LogP contribution in [-0.2, 0) is 17.8 Å². The van der Waals surface area contributed by atoms with Crippen LogP contribution >= 0.6 is 12.4 Å². The second kappa shape index (κ2) is 9.87.